The van der Waals surface area contributed by atoms with Crippen molar-refractivity contribution in [3.63, 3.8) is 0 Å². The van der Waals surface area contributed by atoms with E-state index in [1.54, 1.807) is 4.57 Å². The van der Waals surface area contributed by atoms with E-state index in [2.05, 4.69) is 39.8 Å². The van der Waals surface area contributed by atoms with Crippen LogP contribution in [0.25, 0.3) is 11.0 Å². The lowest BCUT2D eigenvalue weighted by Gasteiger charge is -2.25. The highest BCUT2D eigenvalue weighted by Gasteiger charge is 2.52. The SMILES string of the molecule is O=[P@]1(S)OC[C@H]2O[C@@H](n3cc4c5c(ncnc53)NCCC4)[C@H](O)[C@@H]2O[P@](=O)(S)OCC2O[C@@H](I)[C@H](O1)[C@@H]2O. The zero-order valence-electron chi connectivity index (χ0n) is 19.5. The summed E-state index contributed by atoms with van der Waals surface area (Å²) in [5.74, 6) is 0.685. The number of aliphatic hydroxyl groups is 2. The van der Waals surface area contributed by atoms with E-state index in [9.17, 15) is 19.3 Å². The van der Waals surface area contributed by atoms with Crippen molar-refractivity contribution in [2.24, 2.45) is 0 Å². The molecule has 0 saturated carbocycles. The normalized spacial score (nSPS) is 43.9. The van der Waals surface area contributed by atoms with Crippen molar-refractivity contribution >= 4 is 77.5 Å². The van der Waals surface area contributed by atoms with Gasteiger partial charge in [0.25, 0.3) is 0 Å². The second-order valence-electron chi connectivity index (χ2n) is 9.25. The van der Waals surface area contributed by atoms with Crippen molar-refractivity contribution in [3.05, 3.63) is 18.1 Å². The van der Waals surface area contributed by atoms with Gasteiger partial charge in [0.1, 0.15) is 58.5 Å². The molecule has 3 fully saturated rings. The standard InChI is InChI=1S/C19H25IN4O10P2S2/c20-16-15-12(25)9(31-16)5-29-35(27,37)33-14-10(6-30-36(28,38)34-15)32-19(13(14)26)24-4-8-2-1-3-21-17-11(8)18(24)23-7-22-17/h4,7,9-10,12-16,19,25-26H,1-3,5-6H2,(H,27,37)(H,28,38)(H,21,22,23)/t9?,10-,12-,13-,14-,15-,16-,19-,35-,36+/m1/s1. The molecule has 0 radical (unpaired) electrons. The molecule has 2 aromatic rings. The zero-order valence-corrected chi connectivity index (χ0v) is 25.2. The van der Waals surface area contributed by atoms with Gasteiger partial charge in [0.15, 0.2) is 6.23 Å². The fourth-order valence-corrected chi connectivity index (χ4v) is 9.16. The summed E-state index contributed by atoms with van der Waals surface area (Å²) in [6, 6.07) is 0. The highest BCUT2D eigenvalue weighted by molar-refractivity contribution is 14.1. The van der Waals surface area contributed by atoms with Crippen LogP contribution >= 0.6 is 60.7 Å². The first-order valence-corrected chi connectivity index (χ1v) is 18.4. The van der Waals surface area contributed by atoms with Crippen LogP contribution < -0.4 is 5.32 Å². The summed E-state index contributed by atoms with van der Waals surface area (Å²) in [6.45, 7) is -8.17. The molecular weight excluding hydrogens is 697 g/mol. The average Bonchev–Trinajstić information content (AvgIpc) is 3.39. The van der Waals surface area contributed by atoms with Gasteiger partial charge >= 0.3 is 13.6 Å². The van der Waals surface area contributed by atoms with E-state index in [-0.39, 0.29) is 6.61 Å². The minimum absolute atomic E-state index is 0.366. The van der Waals surface area contributed by atoms with Crippen molar-refractivity contribution in [2.45, 2.75) is 59.8 Å². The van der Waals surface area contributed by atoms with Crippen molar-refractivity contribution in [3.8, 4) is 0 Å². The Balaban J connectivity index is 1.33. The van der Waals surface area contributed by atoms with Crippen molar-refractivity contribution in [1.29, 1.82) is 0 Å². The third-order valence-corrected chi connectivity index (χ3v) is 11.0. The molecule has 14 nitrogen and oxygen atoms in total. The van der Waals surface area contributed by atoms with Crippen LogP contribution in [-0.2, 0) is 43.1 Å². The molecule has 0 spiro atoms. The molecule has 19 heteroatoms. The smallest absolute Gasteiger partial charge is 0.386 e. The number of rotatable bonds is 1. The first-order valence-electron chi connectivity index (χ1n) is 11.7. The van der Waals surface area contributed by atoms with Gasteiger partial charge in [0.2, 0.25) is 0 Å². The van der Waals surface area contributed by atoms with Crippen LogP contribution in [0.5, 0.6) is 0 Å². The Kier molecular flexibility index (Phi) is 7.90. The molecule has 1 unspecified atom stereocenters. The number of hydrogen-bond donors (Lipinski definition) is 5. The molecule has 0 amide bonds. The van der Waals surface area contributed by atoms with Gasteiger partial charge < -0.3 is 29.6 Å². The summed E-state index contributed by atoms with van der Waals surface area (Å²) in [4.78, 5) is 8.75. The summed E-state index contributed by atoms with van der Waals surface area (Å²) in [5, 5.41) is 26.0. The molecule has 10 atom stereocenters. The Hall–Kier alpha value is -0.0100. The molecule has 0 aliphatic carbocycles. The molecule has 0 aromatic carbocycles. The predicted molar refractivity (Wildman–Crippen MR) is 148 cm³/mol. The fourth-order valence-electron chi connectivity index (χ4n) is 5.02. The summed E-state index contributed by atoms with van der Waals surface area (Å²) in [7, 11) is 0. The van der Waals surface area contributed by atoms with Crippen LogP contribution in [0.1, 0.15) is 18.2 Å². The minimum Gasteiger partial charge on any atom is -0.387 e. The Labute approximate surface area is 241 Å². The Morgan fingerprint density at radius 3 is 2.50 bits per heavy atom. The number of nitrogens with one attached hydrogen (secondary N) is 1. The number of aryl methyl sites for hydroxylation is 1. The monoisotopic (exact) mass is 722 g/mol. The number of hydrogen-bond acceptors (Lipinski definition) is 13. The number of nitrogens with zero attached hydrogens (tertiary/aromatic N) is 3. The van der Waals surface area contributed by atoms with Gasteiger partial charge in [-0.2, -0.15) is 0 Å². The first-order chi connectivity index (χ1) is 18.0. The summed E-state index contributed by atoms with van der Waals surface area (Å²) < 4.78 is 60.9. The van der Waals surface area contributed by atoms with E-state index in [0.29, 0.717) is 11.5 Å². The fraction of sp³-hybridized carbons (Fsp3) is 0.684. The number of alkyl halides is 1. The largest absolute Gasteiger partial charge is 0.387 e. The molecule has 38 heavy (non-hydrogen) atoms. The summed E-state index contributed by atoms with van der Waals surface area (Å²) in [6.07, 6.45) is -3.18. The van der Waals surface area contributed by atoms with E-state index in [1.165, 1.54) is 6.33 Å². The van der Waals surface area contributed by atoms with Crippen molar-refractivity contribution in [2.75, 3.05) is 25.1 Å². The minimum atomic E-state index is -4.11. The average molecular weight is 722 g/mol. The van der Waals surface area contributed by atoms with Gasteiger partial charge in [-0.1, -0.05) is 24.5 Å². The second-order valence-corrected chi connectivity index (χ2v) is 16.2. The zero-order chi connectivity index (χ0) is 26.8. The third kappa shape index (κ3) is 5.32. The van der Waals surface area contributed by atoms with E-state index >= 15 is 0 Å². The third-order valence-electron chi connectivity index (χ3n) is 6.78. The number of halogens is 1. The van der Waals surface area contributed by atoms with Crippen LogP contribution in [0.3, 0.4) is 0 Å². The quantitative estimate of drug-likeness (QED) is 0.126. The van der Waals surface area contributed by atoms with E-state index in [4.69, 9.17) is 27.6 Å². The summed E-state index contributed by atoms with van der Waals surface area (Å²) in [5.41, 5.74) is 1.51. The molecule has 3 saturated heterocycles. The molecule has 2 aromatic heterocycles. The molecule has 6 heterocycles. The maximum absolute atomic E-state index is 13.2. The van der Waals surface area contributed by atoms with Crippen molar-refractivity contribution in [1.82, 2.24) is 14.5 Å². The number of aromatic nitrogens is 3. The van der Waals surface area contributed by atoms with Gasteiger partial charge in [-0.05, 0) is 41.0 Å². The van der Waals surface area contributed by atoms with Gasteiger partial charge in [-0.15, -0.1) is 0 Å². The number of anilines is 1. The second kappa shape index (κ2) is 10.7. The number of fused-ring (bicyclic) bond motifs is 3. The van der Waals surface area contributed by atoms with Crippen LogP contribution in [0.2, 0.25) is 0 Å². The van der Waals surface area contributed by atoms with Gasteiger partial charge in [-0.25, -0.2) is 19.1 Å². The molecular formula is C19H25IN4O10P2S2. The maximum Gasteiger partial charge on any atom is 0.386 e. The molecule has 6 rings (SSSR count). The van der Waals surface area contributed by atoms with Gasteiger partial charge in [0.05, 0.1) is 18.6 Å². The van der Waals surface area contributed by atoms with E-state index < -0.39 is 67.2 Å². The van der Waals surface area contributed by atoms with Gasteiger partial charge in [0, 0.05) is 12.7 Å². The van der Waals surface area contributed by atoms with Crippen LogP contribution in [0.4, 0.5) is 5.82 Å². The highest BCUT2D eigenvalue weighted by atomic mass is 127. The van der Waals surface area contributed by atoms with Crippen LogP contribution in [0, 0.1) is 0 Å². The van der Waals surface area contributed by atoms with E-state index in [0.717, 1.165) is 30.3 Å². The Morgan fingerprint density at radius 1 is 1.03 bits per heavy atom. The lowest BCUT2D eigenvalue weighted by Crippen LogP contribution is -2.35. The van der Waals surface area contributed by atoms with E-state index in [1.807, 2.05) is 28.8 Å². The predicted octanol–water partition coefficient (Wildman–Crippen LogP) is 2.46. The maximum atomic E-state index is 13.2. The van der Waals surface area contributed by atoms with Crippen LogP contribution in [0.15, 0.2) is 12.5 Å². The lowest BCUT2D eigenvalue weighted by molar-refractivity contribution is -0.0489. The number of thiol groups is 2. The Bertz CT molecular complexity index is 1320. The van der Waals surface area contributed by atoms with Gasteiger partial charge in [-0.3, -0.25) is 18.1 Å². The molecule has 4 aliphatic rings. The topological polar surface area (TPSA) is 173 Å². The number of aliphatic hydroxyl groups excluding tert-OH is 2. The first kappa shape index (κ1) is 28.1. The molecule has 3 N–H and O–H groups in total. The van der Waals surface area contributed by atoms with Crippen molar-refractivity contribution < 1.29 is 46.9 Å². The Morgan fingerprint density at radius 2 is 1.74 bits per heavy atom. The highest BCUT2D eigenvalue weighted by Crippen LogP contribution is 2.59. The summed E-state index contributed by atoms with van der Waals surface area (Å²) >= 11 is 9.97. The number of ether oxygens (including phenoxy) is 2. The molecule has 210 valence electrons. The molecule has 4 aliphatic heterocycles. The lowest BCUT2D eigenvalue weighted by atomic mass is 10.1. The van der Waals surface area contributed by atoms with Crippen LogP contribution in [-0.4, -0.2) is 85.2 Å². The molecule has 2 bridgehead atoms.